The zero-order valence-electron chi connectivity index (χ0n) is 8.51. The lowest BCUT2D eigenvalue weighted by Crippen LogP contribution is -1.90. The maximum atomic E-state index is 10.6. The van der Waals surface area contributed by atoms with Gasteiger partial charge >= 0.3 is 0 Å². The van der Waals surface area contributed by atoms with E-state index in [-0.39, 0.29) is 11.7 Å². The number of aryl methyl sites for hydroxylation is 1. The molecule has 0 unspecified atom stereocenters. The molecule has 2 aromatic rings. The molecule has 0 aliphatic carbocycles. The standard InChI is InChI=1S/C10H9N3O3/c1-6-2-3-7(13(14)15)4-8(6)9-5-12-10(11)16-9/h2-5H,1H3,(H2,11,12). The maximum Gasteiger partial charge on any atom is 0.292 e. The van der Waals surface area contributed by atoms with Crippen LogP contribution < -0.4 is 5.73 Å². The van der Waals surface area contributed by atoms with Gasteiger partial charge in [0.15, 0.2) is 5.76 Å². The Morgan fingerprint density at radius 1 is 1.50 bits per heavy atom. The zero-order valence-corrected chi connectivity index (χ0v) is 8.51. The number of nitrogens with zero attached hydrogens (tertiary/aromatic N) is 2. The molecule has 1 aromatic heterocycles. The summed E-state index contributed by atoms with van der Waals surface area (Å²) in [5, 5.41) is 10.6. The van der Waals surface area contributed by atoms with E-state index in [0.29, 0.717) is 11.3 Å². The highest BCUT2D eigenvalue weighted by Crippen LogP contribution is 2.28. The van der Waals surface area contributed by atoms with Gasteiger partial charge in [-0.25, -0.2) is 4.98 Å². The van der Waals surface area contributed by atoms with Gasteiger partial charge in [0.05, 0.1) is 11.1 Å². The van der Waals surface area contributed by atoms with Crippen LogP contribution in [0.2, 0.25) is 0 Å². The minimum Gasteiger partial charge on any atom is -0.424 e. The van der Waals surface area contributed by atoms with Crippen LogP contribution in [0, 0.1) is 17.0 Å². The molecular formula is C10H9N3O3. The van der Waals surface area contributed by atoms with Crippen LogP contribution in [0.4, 0.5) is 11.7 Å². The molecule has 0 saturated carbocycles. The molecule has 0 saturated heterocycles. The van der Waals surface area contributed by atoms with E-state index in [1.54, 1.807) is 6.07 Å². The first kappa shape index (κ1) is 10.2. The van der Waals surface area contributed by atoms with Crippen LogP contribution in [0.5, 0.6) is 0 Å². The van der Waals surface area contributed by atoms with E-state index < -0.39 is 4.92 Å². The van der Waals surface area contributed by atoms with Gasteiger partial charge in [-0.15, -0.1) is 0 Å². The quantitative estimate of drug-likeness (QED) is 0.616. The van der Waals surface area contributed by atoms with Crippen molar-refractivity contribution in [3.63, 3.8) is 0 Å². The summed E-state index contributed by atoms with van der Waals surface area (Å²) >= 11 is 0. The van der Waals surface area contributed by atoms with Gasteiger partial charge in [-0.05, 0) is 12.5 Å². The lowest BCUT2D eigenvalue weighted by atomic mass is 10.1. The van der Waals surface area contributed by atoms with Gasteiger partial charge in [0.2, 0.25) is 0 Å². The molecule has 0 aliphatic heterocycles. The first-order valence-electron chi connectivity index (χ1n) is 4.54. The molecule has 0 atom stereocenters. The molecule has 0 amide bonds. The van der Waals surface area contributed by atoms with Gasteiger partial charge in [0.25, 0.3) is 11.7 Å². The second kappa shape index (κ2) is 3.65. The van der Waals surface area contributed by atoms with Crippen LogP contribution in [0.3, 0.4) is 0 Å². The van der Waals surface area contributed by atoms with Gasteiger partial charge in [-0.2, -0.15) is 0 Å². The monoisotopic (exact) mass is 219 g/mol. The summed E-state index contributed by atoms with van der Waals surface area (Å²) in [6, 6.07) is 4.58. The van der Waals surface area contributed by atoms with Crippen LogP contribution in [0.25, 0.3) is 11.3 Å². The van der Waals surface area contributed by atoms with E-state index in [1.807, 2.05) is 6.92 Å². The number of oxazole rings is 1. The Morgan fingerprint density at radius 2 is 2.25 bits per heavy atom. The molecule has 6 heteroatoms. The molecule has 82 valence electrons. The van der Waals surface area contributed by atoms with Crippen molar-refractivity contribution in [1.82, 2.24) is 4.98 Å². The minimum atomic E-state index is -0.456. The number of nitro groups is 1. The third-order valence-electron chi connectivity index (χ3n) is 2.22. The molecule has 2 N–H and O–H groups in total. The average Bonchev–Trinajstić information content (AvgIpc) is 2.65. The van der Waals surface area contributed by atoms with E-state index in [1.165, 1.54) is 18.3 Å². The van der Waals surface area contributed by atoms with E-state index >= 15 is 0 Å². The highest BCUT2D eigenvalue weighted by Gasteiger charge is 2.13. The van der Waals surface area contributed by atoms with Crippen molar-refractivity contribution >= 4 is 11.7 Å². The molecule has 16 heavy (non-hydrogen) atoms. The van der Waals surface area contributed by atoms with Gasteiger partial charge in [0, 0.05) is 17.7 Å². The number of non-ortho nitro benzene ring substituents is 1. The number of nitrogen functional groups attached to an aromatic ring is 1. The predicted octanol–water partition coefficient (Wildman–Crippen LogP) is 2.14. The molecule has 1 heterocycles. The van der Waals surface area contributed by atoms with E-state index in [0.717, 1.165) is 5.56 Å². The van der Waals surface area contributed by atoms with Crippen LogP contribution in [-0.2, 0) is 0 Å². The summed E-state index contributed by atoms with van der Waals surface area (Å²) in [5.41, 5.74) is 6.85. The smallest absolute Gasteiger partial charge is 0.292 e. The Hall–Kier alpha value is -2.37. The average molecular weight is 219 g/mol. The van der Waals surface area contributed by atoms with Crippen molar-refractivity contribution < 1.29 is 9.34 Å². The topological polar surface area (TPSA) is 95.2 Å². The van der Waals surface area contributed by atoms with Crippen LogP contribution in [0.1, 0.15) is 5.56 Å². The molecular weight excluding hydrogens is 210 g/mol. The van der Waals surface area contributed by atoms with Crippen molar-refractivity contribution in [1.29, 1.82) is 0 Å². The van der Waals surface area contributed by atoms with Crippen LogP contribution in [-0.4, -0.2) is 9.91 Å². The molecule has 0 bridgehead atoms. The lowest BCUT2D eigenvalue weighted by molar-refractivity contribution is -0.384. The van der Waals surface area contributed by atoms with Crippen LogP contribution in [0.15, 0.2) is 28.8 Å². The van der Waals surface area contributed by atoms with Crippen molar-refractivity contribution in [2.75, 3.05) is 5.73 Å². The summed E-state index contributed by atoms with van der Waals surface area (Å²) in [6.45, 7) is 1.83. The summed E-state index contributed by atoms with van der Waals surface area (Å²) in [7, 11) is 0. The van der Waals surface area contributed by atoms with E-state index in [9.17, 15) is 10.1 Å². The highest BCUT2D eigenvalue weighted by molar-refractivity contribution is 5.65. The highest BCUT2D eigenvalue weighted by atomic mass is 16.6. The number of nitro benzene ring substituents is 1. The molecule has 0 fully saturated rings. The summed E-state index contributed by atoms with van der Waals surface area (Å²) in [5.74, 6) is 0.429. The number of hydrogen-bond acceptors (Lipinski definition) is 5. The number of benzene rings is 1. The lowest BCUT2D eigenvalue weighted by Gasteiger charge is -2.01. The molecule has 0 spiro atoms. The molecule has 2 rings (SSSR count). The maximum absolute atomic E-state index is 10.6. The number of aromatic nitrogens is 1. The molecule has 0 aliphatic rings. The van der Waals surface area contributed by atoms with Gasteiger partial charge in [0.1, 0.15) is 0 Å². The number of anilines is 1. The SMILES string of the molecule is Cc1ccc([N+](=O)[O-])cc1-c1cnc(N)o1. The summed E-state index contributed by atoms with van der Waals surface area (Å²) < 4.78 is 5.13. The van der Waals surface area contributed by atoms with Crippen molar-refractivity contribution in [3.8, 4) is 11.3 Å². The third kappa shape index (κ3) is 1.72. The van der Waals surface area contributed by atoms with E-state index in [2.05, 4.69) is 4.98 Å². The van der Waals surface area contributed by atoms with Crippen LogP contribution >= 0.6 is 0 Å². The third-order valence-corrected chi connectivity index (χ3v) is 2.22. The van der Waals surface area contributed by atoms with Crippen molar-refractivity contribution in [3.05, 3.63) is 40.1 Å². The molecule has 0 radical (unpaired) electrons. The second-order valence-corrected chi connectivity index (χ2v) is 3.32. The Bertz CT molecular complexity index is 548. The van der Waals surface area contributed by atoms with Gasteiger partial charge in [-0.1, -0.05) is 6.07 Å². The largest absolute Gasteiger partial charge is 0.424 e. The normalized spacial score (nSPS) is 10.3. The fraction of sp³-hybridized carbons (Fsp3) is 0.100. The minimum absolute atomic E-state index is 0.00979. The van der Waals surface area contributed by atoms with Gasteiger partial charge in [-0.3, -0.25) is 10.1 Å². The first-order chi connectivity index (χ1) is 7.58. The number of rotatable bonds is 2. The fourth-order valence-corrected chi connectivity index (χ4v) is 1.40. The Morgan fingerprint density at radius 3 is 2.81 bits per heavy atom. The Balaban J connectivity index is 2.55. The van der Waals surface area contributed by atoms with E-state index in [4.69, 9.17) is 10.2 Å². The Kier molecular flexibility index (Phi) is 2.32. The molecule has 1 aromatic carbocycles. The van der Waals surface area contributed by atoms with Crippen molar-refractivity contribution in [2.45, 2.75) is 6.92 Å². The summed E-state index contributed by atoms with van der Waals surface area (Å²) in [4.78, 5) is 13.9. The van der Waals surface area contributed by atoms with Gasteiger partial charge < -0.3 is 10.2 Å². The Labute approximate surface area is 90.9 Å². The van der Waals surface area contributed by atoms with Crippen molar-refractivity contribution in [2.24, 2.45) is 0 Å². The predicted molar refractivity (Wildman–Crippen MR) is 57.7 cm³/mol. The summed E-state index contributed by atoms with van der Waals surface area (Å²) in [6.07, 6.45) is 1.45. The second-order valence-electron chi connectivity index (χ2n) is 3.32. The zero-order chi connectivity index (χ0) is 11.7. The molecule has 6 nitrogen and oxygen atoms in total. The fourth-order valence-electron chi connectivity index (χ4n) is 1.40. The number of nitrogens with two attached hydrogens (primary N) is 1. The first-order valence-corrected chi connectivity index (χ1v) is 4.54. The number of hydrogen-bond donors (Lipinski definition) is 1.